The molecule has 1 amide bonds. The number of carbonyl (C=O) groups is 1. The van der Waals surface area contributed by atoms with E-state index in [1.807, 2.05) is 12.1 Å². The maximum Gasteiger partial charge on any atom is 0.234 e. The van der Waals surface area contributed by atoms with Crippen LogP contribution in [0.3, 0.4) is 0 Å². The van der Waals surface area contributed by atoms with Crippen LogP contribution in [0.1, 0.15) is 63.0 Å². The summed E-state index contributed by atoms with van der Waals surface area (Å²) < 4.78 is 5.65. The van der Waals surface area contributed by atoms with Crippen molar-refractivity contribution in [3.05, 3.63) is 35.4 Å². The molecule has 1 aliphatic carbocycles. The molecule has 0 unspecified atom stereocenters. The number of hydrogen-bond donors (Lipinski definition) is 1. The van der Waals surface area contributed by atoms with Gasteiger partial charge in [-0.1, -0.05) is 56.9 Å². The van der Waals surface area contributed by atoms with Crippen LogP contribution in [0.15, 0.2) is 24.3 Å². The average Bonchev–Trinajstić information content (AvgIpc) is 2.90. The smallest absolute Gasteiger partial charge is 0.234 e. The lowest BCUT2D eigenvalue weighted by molar-refractivity contribution is -0.122. The summed E-state index contributed by atoms with van der Waals surface area (Å²) in [6, 6.07) is 8.75. The summed E-state index contributed by atoms with van der Waals surface area (Å²) in [7, 11) is 2.09. The van der Waals surface area contributed by atoms with Crippen molar-refractivity contribution in [2.24, 2.45) is 0 Å². The van der Waals surface area contributed by atoms with E-state index in [2.05, 4.69) is 36.3 Å². The molecule has 0 aliphatic heterocycles. The molecule has 0 bridgehead atoms. The highest BCUT2D eigenvalue weighted by Crippen LogP contribution is 2.20. The minimum absolute atomic E-state index is 0.107. The fourth-order valence-corrected chi connectivity index (χ4v) is 3.50. The predicted molar refractivity (Wildman–Crippen MR) is 102 cm³/mol. The van der Waals surface area contributed by atoms with Crippen molar-refractivity contribution >= 4 is 5.91 Å². The zero-order valence-electron chi connectivity index (χ0n) is 15.9. The first-order valence-corrected chi connectivity index (χ1v) is 9.82. The Morgan fingerprint density at radius 1 is 1.16 bits per heavy atom. The lowest BCUT2D eigenvalue weighted by atomic mass is 10.1. The number of ether oxygens (including phenoxy) is 1. The summed E-state index contributed by atoms with van der Waals surface area (Å²) in [6.07, 6.45) is 8.74. The van der Waals surface area contributed by atoms with Gasteiger partial charge in [0.25, 0.3) is 0 Å². The molecular formula is C21H34N2O2. The molecule has 4 heteroatoms. The third-order valence-corrected chi connectivity index (χ3v) is 5.04. The van der Waals surface area contributed by atoms with Crippen LogP contribution in [-0.4, -0.2) is 37.0 Å². The van der Waals surface area contributed by atoms with Gasteiger partial charge in [0.1, 0.15) is 0 Å². The summed E-state index contributed by atoms with van der Waals surface area (Å²) in [5.74, 6) is 0.107. The lowest BCUT2D eigenvalue weighted by Crippen LogP contribution is -2.40. The molecule has 25 heavy (non-hydrogen) atoms. The van der Waals surface area contributed by atoms with Gasteiger partial charge in [-0.15, -0.1) is 0 Å². The van der Waals surface area contributed by atoms with Crippen molar-refractivity contribution in [3.8, 4) is 0 Å². The molecular weight excluding hydrogens is 312 g/mol. The van der Waals surface area contributed by atoms with Gasteiger partial charge in [-0.3, -0.25) is 9.69 Å². The van der Waals surface area contributed by atoms with E-state index in [-0.39, 0.29) is 5.91 Å². The standard InChI is InChI=1S/C21H34N2O2/c1-3-14-25-17-19-11-9-8-10-18(19)15-22-21(24)16-23(2)20-12-6-4-5-7-13-20/h8-11,20H,3-7,12-17H2,1-2H3,(H,22,24). The molecule has 0 radical (unpaired) electrons. The highest BCUT2D eigenvalue weighted by Gasteiger charge is 2.18. The average molecular weight is 347 g/mol. The third-order valence-electron chi connectivity index (χ3n) is 5.04. The SMILES string of the molecule is CCCOCc1ccccc1CNC(=O)CN(C)C1CCCCCC1. The first kappa shape index (κ1) is 19.9. The summed E-state index contributed by atoms with van der Waals surface area (Å²) >= 11 is 0. The largest absolute Gasteiger partial charge is 0.377 e. The Morgan fingerprint density at radius 3 is 2.52 bits per heavy atom. The molecule has 140 valence electrons. The van der Waals surface area contributed by atoms with E-state index in [1.54, 1.807) is 0 Å². The number of carbonyl (C=O) groups excluding carboxylic acids is 1. The van der Waals surface area contributed by atoms with Crippen LogP contribution in [0.2, 0.25) is 0 Å². The molecule has 0 aromatic heterocycles. The first-order valence-electron chi connectivity index (χ1n) is 9.82. The number of nitrogens with one attached hydrogen (secondary N) is 1. The minimum atomic E-state index is 0.107. The molecule has 1 aromatic rings. The highest BCUT2D eigenvalue weighted by atomic mass is 16.5. The Hall–Kier alpha value is -1.39. The Morgan fingerprint density at radius 2 is 1.84 bits per heavy atom. The van der Waals surface area contributed by atoms with Gasteiger partial charge in [0.05, 0.1) is 13.2 Å². The first-order chi connectivity index (χ1) is 12.2. The normalized spacial score (nSPS) is 16.0. The van der Waals surface area contributed by atoms with Crippen LogP contribution in [0.5, 0.6) is 0 Å². The van der Waals surface area contributed by atoms with Crippen LogP contribution in [-0.2, 0) is 22.7 Å². The van der Waals surface area contributed by atoms with Crippen LogP contribution >= 0.6 is 0 Å². The quantitative estimate of drug-likeness (QED) is 0.545. The van der Waals surface area contributed by atoms with Gasteiger partial charge < -0.3 is 10.1 Å². The second-order valence-corrected chi connectivity index (χ2v) is 7.16. The number of benzene rings is 1. The molecule has 0 atom stereocenters. The molecule has 0 heterocycles. The Bertz CT molecular complexity index is 510. The van der Waals surface area contributed by atoms with Crippen LogP contribution < -0.4 is 5.32 Å². The fraction of sp³-hybridized carbons (Fsp3) is 0.667. The van der Waals surface area contributed by atoms with E-state index in [4.69, 9.17) is 4.74 Å². The highest BCUT2D eigenvalue weighted by molar-refractivity contribution is 5.78. The van der Waals surface area contributed by atoms with Crippen molar-refractivity contribution in [2.45, 2.75) is 71.1 Å². The zero-order valence-corrected chi connectivity index (χ0v) is 15.9. The van der Waals surface area contributed by atoms with Gasteiger partial charge in [-0.25, -0.2) is 0 Å². The maximum atomic E-state index is 12.3. The van der Waals surface area contributed by atoms with Gasteiger partial charge in [-0.2, -0.15) is 0 Å². The molecule has 1 fully saturated rings. The zero-order chi connectivity index (χ0) is 17.9. The van der Waals surface area contributed by atoms with Crippen LogP contribution in [0, 0.1) is 0 Å². The third kappa shape index (κ3) is 7.17. The topological polar surface area (TPSA) is 41.6 Å². The van der Waals surface area contributed by atoms with Gasteiger partial charge in [0, 0.05) is 19.2 Å². The second kappa shape index (κ2) is 11.3. The van der Waals surface area contributed by atoms with E-state index in [9.17, 15) is 4.79 Å². The number of rotatable bonds is 9. The Labute approximate surface area is 152 Å². The molecule has 0 saturated heterocycles. The summed E-state index contributed by atoms with van der Waals surface area (Å²) in [5.41, 5.74) is 2.30. The minimum Gasteiger partial charge on any atom is -0.377 e. The number of nitrogens with zero attached hydrogens (tertiary/aromatic N) is 1. The maximum absolute atomic E-state index is 12.3. The summed E-state index contributed by atoms with van der Waals surface area (Å²) in [6.45, 7) is 4.55. The van der Waals surface area contributed by atoms with Crippen molar-refractivity contribution in [3.63, 3.8) is 0 Å². The van der Waals surface area contributed by atoms with E-state index in [0.29, 0.717) is 25.7 Å². The van der Waals surface area contributed by atoms with Gasteiger partial charge in [-0.05, 0) is 37.4 Å². The molecule has 1 aromatic carbocycles. The molecule has 4 nitrogen and oxygen atoms in total. The molecule has 1 aliphatic rings. The fourth-order valence-electron chi connectivity index (χ4n) is 3.50. The number of likely N-dealkylation sites (N-methyl/N-ethyl adjacent to an activating group) is 1. The Kier molecular flexibility index (Phi) is 8.98. The molecule has 2 rings (SSSR count). The second-order valence-electron chi connectivity index (χ2n) is 7.16. The van der Waals surface area contributed by atoms with Gasteiger partial charge >= 0.3 is 0 Å². The van der Waals surface area contributed by atoms with E-state index >= 15 is 0 Å². The van der Waals surface area contributed by atoms with Crippen molar-refractivity contribution in [1.82, 2.24) is 10.2 Å². The summed E-state index contributed by atoms with van der Waals surface area (Å²) in [4.78, 5) is 14.6. The molecule has 1 N–H and O–H groups in total. The van der Waals surface area contributed by atoms with Crippen molar-refractivity contribution in [2.75, 3.05) is 20.2 Å². The lowest BCUT2D eigenvalue weighted by Gasteiger charge is -2.26. The molecule has 0 spiro atoms. The summed E-state index contributed by atoms with van der Waals surface area (Å²) in [5, 5.41) is 3.08. The predicted octanol–water partition coefficient (Wildman–Crippen LogP) is 3.88. The number of hydrogen-bond acceptors (Lipinski definition) is 3. The van der Waals surface area contributed by atoms with Crippen LogP contribution in [0.25, 0.3) is 0 Å². The van der Waals surface area contributed by atoms with E-state index in [1.165, 1.54) is 38.5 Å². The Balaban J connectivity index is 1.79. The van der Waals surface area contributed by atoms with E-state index in [0.717, 1.165) is 24.2 Å². The van der Waals surface area contributed by atoms with Crippen LogP contribution in [0.4, 0.5) is 0 Å². The number of amides is 1. The van der Waals surface area contributed by atoms with E-state index < -0.39 is 0 Å². The van der Waals surface area contributed by atoms with Crippen molar-refractivity contribution in [1.29, 1.82) is 0 Å². The molecule has 1 saturated carbocycles. The van der Waals surface area contributed by atoms with Gasteiger partial charge in [0.2, 0.25) is 5.91 Å². The monoisotopic (exact) mass is 346 g/mol. The van der Waals surface area contributed by atoms with Crippen molar-refractivity contribution < 1.29 is 9.53 Å². The van der Waals surface area contributed by atoms with Gasteiger partial charge in [0.15, 0.2) is 0 Å².